The number of para-hydroxylation sites is 1. The number of aromatic nitrogens is 1. The van der Waals surface area contributed by atoms with E-state index in [0.717, 1.165) is 51.6 Å². The van der Waals surface area contributed by atoms with Gasteiger partial charge in [0.15, 0.2) is 5.78 Å². The first-order valence-electron chi connectivity index (χ1n) is 12.1. The van der Waals surface area contributed by atoms with E-state index < -0.39 is 28.1 Å². The molecule has 190 valence electrons. The third kappa shape index (κ3) is 6.18. The van der Waals surface area contributed by atoms with Crippen molar-refractivity contribution in [3.05, 3.63) is 101 Å². The number of nitrogens with two attached hydrogens (primary N) is 1. The summed E-state index contributed by atoms with van der Waals surface area (Å²) < 4.78 is 12.5. The highest BCUT2D eigenvalue weighted by Crippen LogP contribution is 2.30. The monoisotopic (exact) mass is 514 g/mol. The van der Waals surface area contributed by atoms with Gasteiger partial charge in [-0.15, -0.1) is 0 Å². The minimum atomic E-state index is -1.59. The van der Waals surface area contributed by atoms with Gasteiger partial charge in [-0.25, -0.2) is 0 Å². The second-order valence-electron chi connectivity index (χ2n) is 9.26. The lowest BCUT2D eigenvalue weighted by Gasteiger charge is -2.19. The van der Waals surface area contributed by atoms with Crippen molar-refractivity contribution in [2.75, 3.05) is 6.26 Å². The topological polar surface area (TPSA) is 110 Å². The lowest BCUT2D eigenvalue weighted by molar-refractivity contribution is -0.138. The van der Waals surface area contributed by atoms with Crippen molar-refractivity contribution >= 4 is 33.5 Å². The summed E-state index contributed by atoms with van der Waals surface area (Å²) in [5, 5.41) is 9.33. The van der Waals surface area contributed by atoms with Crippen LogP contribution >= 0.6 is 0 Å². The number of carbonyl (C=O) groups excluding carboxylic acids is 1. The fourth-order valence-corrected chi connectivity index (χ4v) is 5.41. The second kappa shape index (κ2) is 11.6. The van der Waals surface area contributed by atoms with Crippen LogP contribution in [0.15, 0.2) is 79.0 Å². The number of fused-ring (bicyclic) bond motifs is 1. The van der Waals surface area contributed by atoms with Crippen LogP contribution < -0.4 is 5.73 Å². The highest BCUT2D eigenvalue weighted by atomic mass is 32.2. The van der Waals surface area contributed by atoms with Crippen LogP contribution in [0.3, 0.4) is 0 Å². The first-order chi connectivity index (χ1) is 17.7. The van der Waals surface area contributed by atoms with Crippen LogP contribution in [0.25, 0.3) is 22.0 Å². The number of benzene rings is 3. The molecule has 0 fully saturated rings. The van der Waals surface area contributed by atoms with E-state index in [-0.39, 0.29) is 12.2 Å². The molecule has 0 spiro atoms. The number of pyridine rings is 1. The summed E-state index contributed by atoms with van der Waals surface area (Å²) in [6.07, 6.45) is 4.65. The molecule has 3 N–H and O–H groups in total. The first kappa shape index (κ1) is 26.4. The van der Waals surface area contributed by atoms with Crippen molar-refractivity contribution in [2.24, 2.45) is 5.73 Å². The predicted molar refractivity (Wildman–Crippen MR) is 148 cm³/mol. The molecule has 7 heteroatoms. The zero-order valence-electron chi connectivity index (χ0n) is 20.9. The minimum absolute atomic E-state index is 0.193. The van der Waals surface area contributed by atoms with Gasteiger partial charge in [-0.1, -0.05) is 60.7 Å². The van der Waals surface area contributed by atoms with Gasteiger partial charge in [0, 0.05) is 34.2 Å². The van der Waals surface area contributed by atoms with Crippen LogP contribution in [-0.4, -0.2) is 43.6 Å². The number of Topliss-reactive ketones (excluding diaryl/α,β-unsaturated/α-hetero) is 1. The summed E-state index contributed by atoms with van der Waals surface area (Å²) in [7, 11) is -1.59. The molecule has 6 nitrogen and oxygen atoms in total. The largest absolute Gasteiger partial charge is 0.480 e. The quantitative estimate of drug-likeness (QED) is 0.296. The average molecular weight is 515 g/mol. The molecule has 3 aromatic carbocycles. The van der Waals surface area contributed by atoms with E-state index in [1.807, 2.05) is 73.8 Å². The van der Waals surface area contributed by atoms with Crippen molar-refractivity contribution in [3.8, 4) is 11.1 Å². The fourth-order valence-electron chi connectivity index (χ4n) is 4.50. The van der Waals surface area contributed by atoms with Gasteiger partial charge in [-0.3, -0.25) is 18.8 Å². The van der Waals surface area contributed by atoms with E-state index in [2.05, 4.69) is 11.1 Å². The number of aliphatic carboxylic acids is 1. The van der Waals surface area contributed by atoms with Crippen molar-refractivity contribution in [3.63, 3.8) is 0 Å². The third-order valence-corrected chi connectivity index (χ3v) is 7.82. The lowest BCUT2D eigenvalue weighted by Crippen LogP contribution is -2.38. The smallest absolute Gasteiger partial charge is 0.320 e. The number of hydrogen-bond acceptors (Lipinski definition) is 5. The summed E-state index contributed by atoms with van der Waals surface area (Å²) in [5.41, 5.74) is 11.9. The molecule has 4 aromatic rings. The molecule has 0 bridgehead atoms. The normalized spacial score (nSPS) is 13.7. The molecule has 1 heterocycles. The van der Waals surface area contributed by atoms with Crippen molar-refractivity contribution in [1.82, 2.24) is 4.98 Å². The van der Waals surface area contributed by atoms with Gasteiger partial charge in [-0.05, 0) is 66.1 Å². The molecule has 0 aliphatic carbocycles. The minimum Gasteiger partial charge on any atom is -0.480 e. The number of aryl methyl sites for hydroxylation is 3. The third-order valence-electron chi connectivity index (χ3n) is 6.61. The Labute approximate surface area is 219 Å². The molecule has 0 amide bonds. The number of carboxylic acids is 1. The van der Waals surface area contributed by atoms with E-state index in [1.165, 1.54) is 6.26 Å². The SMILES string of the molecule is Cc1ccccc1-c1cc(CCc2cnc3ccccc3c2)ccc1C(=O)C(CC(N)C(=O)O)S(C)=O. The number of rotatable bonds is 10. The van der Waals surface area contributed by atoms with Crippen molar-refractivity contribution in [2.45, 2.75) is 37.5 Å². The van der Waals surface area contributed by atoms with E-state index in [9.17, 15) is 18.9 Å². The number of carboxylic acid groups (broad SMARTS) is 1. The Hall–Kier alpha value is -3.68. The highest BCUT2D eigenvalue weighted by molar-refractivity contribution is 7.85. The first-order valence-corrected chi connectivity index (χ1v) is 13.7. The van der Waals surface area contributed by atoms with Crippen LogP contribution in [0.1, 0.15) is 33.5 Å². The molecule has 0 saturated heterocycles. The van der Waals surface area contributed by atoms with Gasteiger partial charge in [0.25, 0.3) is 0 Å². The Morgan fingerprint density at radius 2 is 1.65 bits per heavy atom. The standard InChI is InChI=1S/C30H30N2O4S/c1-19-7-3-5-9-23(19)25-16-20(11-12-21-15-22-8-4-6-10-27(22)32-18-21)13-14-24(25)29(33)28(37(2)36)17-26(31)30(34)35/h3-10,13-16,18,26,28H,11-12,17,31H2,1-2H3,(H,34,35). The second-order valence-corrected chi connectivity index (χ2v) is 10.8. The molecule has 3 unspecified atom stereocenters. The summed E-state index contributed by atoms with van der Waals surface area (Å²) in [6.45, 7) is 1.98. The van der Waals surface area contributed by atoms with E-state index in [0.29, 0.717) is 5.56 Å². The molecule has 0 saturated carbocycles. The summed E-state index contributed by atoms with van der Waals surface area (Å²) in [5.74, 6) is -1.58. The molecule has 0 aliphatic heterocycles. The fraction of sp³-hybridized carbons (Fsp3) is 0.233. The maximum atomic E-state index is 13.6. The predicted octanol–water partition coefficient (Wildman–Crippen LogP) is 4.73. The van der Waals surface area contributed by atoms with Gasteiger partial charge < -0.3 is 10.8 Å². The van der Waals surface area contributed by atoms with Crippen LogP contribution in [0.2, 0.25) is 0 Å². The van der Waals surface area contributed by atoms with E-state index in [4.69, 9.17) is 5.73 Å². The molecule has 0 aliphatic rings. The number of ketones is 1. The molecule has 4 rings (SSSR count). The molecule has 0 radical (unpaired) electrons. The Balaban J connectivity index is 1.68. The van der Waals surface area contributed by atoms with Gasteiger partial charge in [-0.2, -0.15) is 0 Å². The molecule has 37 heavy (non-hydrogen) atoms. The number of carbonyl (C=O) groups is 2. The van der Waals surface area contributed by atoms with Crippen LogP contribution in [0, 0.1) is 6.92 Å². The average Bonchev–Trinajstić information content (AvgIpc) is 2.89. The molecular weight excluding hydrogens is 484 g/mol. The van der Waals surface area contributed by atoms with Gasteiger partial charge in [0.1, 0.15) is 6.04 Å². The summed E-state index contributed by atoms with van der Waals surface area (Å²) in [4.78, 5) is 29.5. The Morgan fingerprint density at radius 3 is 2.38 bits per heavy atom. The lowest BCUT2D eigenvalue weighted by atomic mass is 9.89. The summed E-state index contributed by atoms with van der Waals surface area (Å²) >= 11 is 0. The molecule has 1 aromatic heterocycles. The van der Waals surface area contributed by atoms with Gasteiger partial charge >= 0.3 is 5.97 Å². The number of nitrogens with zero attached hydrogens (tertiary/aromatic N) is 1. The maximum absolute atomic E-state index is 13.6. The molecular formula is C30H30N2O4S. The Bertz CT molecular complexity index is 1480. The number of hydrogen-bond donors (Lipinski definition) is 2. The van der Waals surface area contributed by atoms with Gasteiger partial charge in [0.05, 0.1) is 10.8 Å². The Kier molecular flexibility index (Phi) is 8.26. The molecule has 3 atom stereocenters. The summed E-state index contributed by atoms with van der Waals surface area (Å²) in [6, 6.07) is 22.4. The van der Waals surface area contributed by atoms with Crippen LogP contribution in [0.4, 0.5) is 0 Å². The highest BCUT2D eigenvalue weighted by Gasteiger charge is 2.30. The zero-order valence-corrected chi connectivity index (χ0v) is 21.7. The van der Waals surface area contributed by atoms with E-state index in [1.54, 1.807) is 6.07 Å². The van der Waals surface area contributed by atoms with Crippen molar-refractivity contribution in [1.29, 1.82) is 0 Å². The van der Waals surface area contributed by atoms with E-state index >= 15 is 0 Å². The Morgan fingerprint density at radius 1 is 0.946 bits per heavy atom. The van der Waals surface area contributed by atoms with Crippen LogP contribution in [0.5, 0.6) is 0 Å². The van der Waals surface area contributed by atoms with Gasteiger partial charge in [0.2, 0.25) is 0 Å². The van der Waals surface area contributed by atoms with Crippen LogP contribution in [-0.2, 0) is 28.4 Å². The van der Waals surface area contributed by atoms with Crippen molar-refractivity contribution < 1.29 is 18.9 Å². The maximum Gasteiger partial charge on any atom is 0.320 e. The zero-order chi connectivity index (χ0) is 26.5.